The molecule has 4 nitrogen and oxygen atoms in total. The van der Waals surface area contributed by atoms with Crippen LogP contribution in [0.15, 0.2) is 48.9 Å². The smallest absolute Gasteiger partial charge is 0.363 e. The van der Waals surface area contributed by atoms with Crippen molar-refractivity contribution in [3.63, 3.8) is 0 Å². The minimum absolute atomic E-state index is 0.0610. The van der Waals surface area contributed by atoms with Crippen LogP contribution in [0.25, 0.3) is 0 Å². The molecule has 1 heterocycles. The van der Waals surface area contributed by atoms with Gasteiger partial charge in [-0.15, -0.1) is 21.9 Å². The average Bonchev–Trinajstić information content (AvgIpc) is 3.32. The zero-order valence-corrected chi connectivity index (χ0v) is 32.8. The van der Waals surface area contributed by atoms with Gasteiger partial charge in [0.2, 0.25) is 11.9 Å². The maximum Gasteiger partial charge on any atom is 0.363 e. The zero-order valence-electron chi connectivity index (χ0n) is 32.8. The van der Waals surface area contributed by atoms with Crippen molar-refractivity contribution in [2.45, 2.75) is 44.8 Å². The van der Waals surface area contributed by atoms with E-state index in [0.717, 1.165) is 25.7 Å². The fourth-order valence-electron chi connectivity index (χ4n) is 7.70. The predicted molar refractivity (Wildman–Crippen MR) is 191 cm³/mol. The largest absolute Gasteiger partial charge is 0.457 e. The summed E-state index contributed by atoms with van der Waals surface area (Å²) >= 11 is 0. The lowest BCUT2D eigenvalue weighted by molar-refractivity contribution is -0.689. The van der Waals surface area contributed by atoms with Crippen LogP contribution in [0, 0.1) is 116 Å². The molecule has 5 aromatic carbocycles. The summed E-state index contributed by atoms with van der Waals surface area (Å²) < 4.78 is 301. The van der Waals surface area contributed by atoms with Gasteiger partial charge >= 0.3 is 5.97 Å². The number of carbonyl (C=O) groups excluding carboxylic acids is 1. The number of rotatable bonds is 8. The lowest BCUT2D eigenvalue weighted by Gasteiger charge is -2.44. The first-order valence-electron chi connectivity index (χ1n) is 18.8. The van der Waals surface area contributed by atoms with E-state index < -0.39 is 144 Å². The minimum Gasteiger partial charge on any atom is -0.457 e. The Bertz CT molecular complexity index is 2550. The molecule has 1 saturated carbocycles. The summed E-state index contributed by atoms with van der Waals surface area (Å²) in [5.41, 5.74) is -12.8. The normalized spacial score (nSPS) is 13.1. The van der Waals surface area contributed by atoms with Crippen molar-refractivity contribution in [3.05, 3.63) is 177 Å². The average molecular weight is 976 g/mol. The second kappa shape index (κ2) is 19.3. The van der Waals surface area contributed by atoms with Gasteiger partial charge in [0.1, 0.15) is 58.8 Å². The van der Waals surface area contributed by atoms with Crippen LogP contribution >= 0.6 is 0 Å². The molecule has 1 aromatic heterocycles. The Morgan fingerprint density at radius 1 is 0.478 bits per heavy atom. The summed E-state index contributed by atoms with van der Waals surface area (Å²) in [4.78, 5) is 16.4. The van der Waals surface area contributed by atoms with E-state index in [9.17, 15) is 57.5 Å². The van der Waals surface area contributed by atoms with Crippen molar-refractivity contribution in [1.82, 2.24) is 4.98 Å². The Morgan fingerprint density at radius 2 is 0.791 bits per heavy atom. The van der Waals surface area contributed by atoms with Crippen LogP contribution < -0.4 is 26.4 Å². The molecule has 0 N–H and O–H groups in total. The summed E-state index contributed by atoms with van der Waals surface area (Å²) in [6.07, 6.45) is 3.61. The number of aromatic nitrogens is 2. The van der Waals surface area contributed by atoms with Crippen LogP contribution in [-0.4, -0.2) is 23.2 Å². The number of ether oxygens (including phenoxy) is 1. The molecular weight excluding hydrogens is 955 g/mol. The van der Waals surface area contributed by atoms with Gasteiger partial charge in [-0.3, -0.25) is 0 Å². The maximum absolute atomic E-state index is 15.4. The van der Waals surface area contributed by atoms with E-state index in [-0.39, 0.29) is 12.1 Å². The van der Waals surface area contributed by atoms with Crippen molar-refractivity contribution in [2.75, 3.05) is 0 Å². The van der Waals surface area contributed by atoms with Crippen LogP contribution in [0.1, 0.15) is 48.2 Å². The molecule has 67 heavy (non-hydrogen) atoms. The van der Waals surface area contributed by atoms with E-state index >= 15 is 35.1 Å². The molecule has 0 bridgehead atoms. The topological polar surface area (TPSA) is 43.1 Å². The van der Waals surface area contributed by atoms with Crippen LogP contribution in [0.4, 0.5) is 87.8 Å². The Balaban J connectivity index is 0.000000279. The monoisotopic (exact) mass is 976 g/mol. The Kier molecular flexibility index (Phi) is 14.3. The maximum atomic E-state index is 15.4. The first-order chi connectivity index (χ1) is 31.5. The molecule has 0 radical (unpaired) electrons. The fraction of sp³-hybridized carbons (Fsp3) is 0.167. The SMILES string of the molecule is Fc1c(F)c(F)c([B-](c2c(F)c(F)c(F)c(F)c2F)(c2c(F)c(F)c(F)c(F)c2F)c2c(F)c(F)c(F)c(F)c2F)c(F)c1F.O=C(OC1CCCCC1)c1c[n+](Cc2ccccc2)ccn1. The summed E-state index contributed by atoms with van der Waals surface area (Å²) in [6, 6.07) is 10.1. The lowest BCUT2D eigenvalue weighted by atomic mass is 9.12. The molecule has 1 fully saturated rings. The number of benzene rings is 5. The zero-order chi connectivity index (χ0) is 49.6. The van der Waals surface area contributed by atoms with Gasteiger partial charge < -0.3 is 4.74 Å². The molecule has 25 heteroatoms. The van der Waals surface area contributed by atoms with Gasteiger partial charge in [0.25, 0.3) is 0 Å². The summed E-state index contributed by atoms with van der Waals surface area (Å²) in [5.74, 6) is -71.7. The van der Waals surface area contributed by atoms with E-state index in [0.29, 0.717) is 12.2 Å². The number of hydrogen-bond donors (Lipinski definition) is 0. The molecule has 1 aliphatic carbocycles. The third-order valence-electron chi connectivity index (χ3n) is 10.7. The van der Waals surface area contributed by atoms with Crippen molar-refractivity contribution < 1.29 is 102 Å². The second-order valence-corrected chi connectivity index (χ2v) is 14.6. The van der Waals surface area contributed by atoms with E-state index in [4.69, 9.17) is 4.74 Å². The predicted octanol–water partition coefficient (Wildman–Crippen LogP) is 8.75. The summed E-state index contributed by atoms with van der Waals surface area (Å²) in [6.45, 7) is 0.715. The molecular formula is C42H21BF20N2O2. The highest BCUT2D eigenvalue weighted by Crippen LogP contribution is 2.31. The van der Waals surface area contributed by atoms with Gasteiger partial charge in [-0.25, -0.2) is 97.6 Å². The highest BCUT2D eigenvalue weighted by Gasteiger charge is 2.52. The van der Waals surface area contributed by atoms with Gasteiger partial charge in [-0.1, -0.05) is 36.8 Å². The lowest BCUT2D eigenvalue weighted by Crippen LogP contribution is -2.81. The minimum atomic E-state index is -7.22. The van der Waals surface area contributed by atoms with Gasteiger partial charge in [-0.05, 0) is 25.7 Å². The molecule has 0 unspecified atom stereocenters. The van der Waals surface area contributed by atoms with Gasteiger partial charge in [0.05, 0.1) is 6.20 Å². The molecule has 0 atom stereocenters. The Labute approximate surface area is 362 Å². The van der Waals surface area contributed by atoms with Crippen molar-refractivity contribution >= 4 is 34.0 Å². The quantitative estimate of drug-likeness (QED) is 0.0383. The van der Waals surface area contributed by atoms with Crippen LogP contribution in [0.3, 0.4) is 0 Å². The van der Waals surface area contributed by atoms with E-state index in [1.165, 1.54) is 12.0 Å². The standard InChI is InChI=1S/C24BF20.C18H21N2O2/c26-5-1(6(27)14(35)21(42)13(5)34)25(2-7(28)15(36)22(43)16(37)8(2)29,3-9(30)17(38)23(44)18(39)10(3)31)4-11(32)19(40)24(45)20(41)12(4)33;21-18(22-16-9-5-2-6-10-16)17-14-20(12-11-19-17)13-15-7-3-1-4-8-15/h;1,3-4,7-8,11-12,14,16H,2,5-6,9-10,13H2/q-1;+1. The van der Waals surface area contributed by atoms with Gasteiger partial charge in [0, 0.05) is 5.56 Å². The molecule has 354 valence electrons. The van der Waals surface area contributed by atoms with Crippen LogP contribution in [-0.2, 0) is 11.3 Å². The number of nitrogens with zero attached hydrogens (tertiary/aromatic N) is 2. The highest BCUT2D eigenvalue weighted by atomic mass is 19.2. The van der Waals surface area contributed by atoms with Gasteiger partial charge in [0.15, 0.2) is 82.5 Å². The molecule has 0 amide bonds. The van der Waals surface area contributed by atoms with E-state index in [1.807, 2.05) is 29.0 Å². The third-order valence-corrected chi connectivity index (χ3v) is 10.7. The summed E-state index contributed by atoms with van der Waals surface area (Å²) in [7, 11) is 0. The number of hydrogen-bond acceptors (Lipinski definition) is 3. The number of carbonyl (C=O) groups is 1. The summed E-state index contributed by atoms with van der Waals surface area (Å²) in [5, 5.41) is 0. The first-order valence-corrected chi connectivity index (χ1v) is 18.8. The van der Waals surface area contributed by atoms with Crippen LogP contribution in [0.5, 0.6) is 0 Å². The van der Waals surface area contributed by atoms with E-state index in [1.54, 1.807) is 12.4 Å². The first kappa shape index (κ1) is 49.7. The van der Waals surface area contributed by atoms with E-state index in [2.05, 4.69) is 17.1 Å². The van der Waals surface area contributed by atoms with Gasteiger partial charge in [-0.2, -0.15) is 4.57 Å². The fourth-order valence-corrected chi connectivity index (χ4v) is 7.70. The molecule has 1 aliphatic rings. The van der Waals surface area contributed by atoms with Crippen molar-refractivity contribution in [2.24, 2.45) is 0 Å². The Morgan fingerprint density at radius 3 is 1.12 bits per heavy atom. The Hall–Kier alpha value is -6.69. The van der Waals surface area contributed by atoms with Crippen molar-refractivity contribution in [1.29, 1.82) is 0 Å². The number of esters is 1. The third kappa shape index (κ3) is 8.51. The highest BCUT2D eigenvalue weighted by molar-refractivity contribution is 7.20. The second-order valence-electron chi connectivity index (χ2n) is 14.6. The van der Waals surface area contributed by atoms with Crippen molar-refractivity contribution in [3.8, 4) is 0 Å². The van der Waals surface area contributed by atoms with Crippen LogP contribution in [0.2, 0.25) is 0 Å². The molecule has 0 spiro atoms. The number of halogens is 20. The molecule has 6 aromatic rings. The molecule has 7 rings (SSSR count). The molecule has 0 aliphatic heterocycles. The molecule has 0 saturated heterocycles.